The van der Waals surface area contributed by atoms with E-state index < -0.39 is 43.4 Å². The fraction of sp³-hybridized carbons (Fsp3) is 0.182. The molecule has 12 nitrogen and oxygen atoms in total. The minimum atomic E-state index is -4.60. The molecule has 0 fully saturated rings. The first-order valence-electron chi connectivity index (χ1n) is 18.3. The molecule has 0 unspecified atom stereocenters. The van der Waals surface area contributed by atoms with E-state index in [9.17, 15) is 28.1 Å². The maximum absolute atomic E-state index is 13.7. The van der Waals surface area contributed by atoms with Crippen molar-refractivity contribution in [3.8, 4) is 11.5 Å². The van der Waals surface area contributed by atoms with Gasteiger partial charge in [-0.3, -0.25) is 19.7 Å². The van der Waals surface area contributed by atoms with Crippen LogP contribution >= 0.6 is 0 Å². The van der Waals surface area contributed by atoms with Crippen molar-refractivity contribution in [3.05, 3.63) is 172 Å². The van der Waals surface area contributed by atoms with Gasteiger partial charge in [0.1, 0.15) is 36.4 Å². The molecule has 0 aliphatic rings. The summed E-state index contributed by atoms with van der Waals surface area (Å²) in [6.45, 7) is 2.86. The number of carbonyl (C=O) groups excluding carboxylic acids is 2. The molecular formula is C44H42N4O8S. The Labute approximate surface area is 331 Å². The van der Waals surface area contributed by atoms with Gasteiger partial charge < -0.3 is 20.1 Å². The Kier molecular flexibility index (Phi) is 13.1. The van der Waals surface area contributed by atoms with Crippen LogP contribution < -0.4 is 24.8 Å². The van der Waals surface area contributed by atoms with Crippen LogP contribution in [0.5, 0.6) is 11.5 Å². The Bertz CT molecular complexity index is 2440. The van der Waals surface area contributed by atoms with Gasteiger partial charge in [-0.05, 0) is 65.8 Å². The lowest BCUT2D eigenvalue weighted by Gasteiger charge is -2.19. The minimum absolute atomic E-state index is 0.0463. The van der Waals surface area contributed by atoms with Crippen LogP contribution in [-0.4, -0.2) is 51.0 Å². The molecule has 6 aromatic rings. The number of sulfonamides is 1. The number of hydrogen-bond donors (Lipinski definition) is 3. The molecule has 0 aromatic heterocycles. The summed E-state index contributed by atoms with van der Waals surface area (Å²) in [6.07, 6.45) is 0.480. The smallest absolute Gasteiger partial charge is 0.293 e. The number of amides is 2. The van der Waals surface area contributed by atoms with E-state index >= 15 is 0 Å². The van der Waals surface area contributed by atoms with Crippen molar-refractivity contribution < 1.29 is 32.4 Å². The average molecular weight is 787 g/mol. The van der Waals surface area contributed by atoms with Crippen LogP contribution in [0.15, 0.2) is 144 Å². The topological polar surface area (TPSA) is 166 Å². The summed E-state index contributed by atoms with van der Waals surface area (Å²) in [6, 6.07) is 39.6. The zero-order chi connectivity index (χ0) is 40.2. The minimum Gasteiger partial charge on any atom is -0.490 e. The molecule has 1 atom stereocenters. The Morgan fingerprint density at radius 3 is 2.19 bits per heavy atom. The molecule has 0 aliphatic heterocycles. The monoisotopic (exact) mass is 786 g/mol. The molecule has 3 N–H and O–H groups in total. The van der Waals surface area contributed by atoms with Crippen molar-refractivity contribution in [2.24, 2.45) is 0 Å². The van der Waals surface area contributed by atoms with E-state index in [1.165, 1.54) is 12.1 Å². The highest BCUT2D eigenvalue weighted by atomic mass is 32.2. The second-order valence-electron chi connectivity index (χ2n) is 13.4. The van der Waals surface area contributed by atoms with Gasteiger partial charge in [-0.15, -0.1) is 0 Å². The van der Waals surface area contributed by atoms with Crippen LogP contribution in [0.3, 0.4) is 0 Å². The molecule has 0 bridgehead atoms. The first-order chi connectivity index (χ1) is 27.5. The SMILES string of the molecule is Cc1ccc(CC(=O)N[C@@H](Cc2ccc(OCCOc3cccc4ccccc34)cc2)C(=O)NS(=O)(=O)c2ccc(NCCc3ccccc3)c([N+](=O)[O-])c2)cc1. The third-order valence-corrected chi connectivity index (χ3v) is 10.5. The Morgan fingerprint density at radius 2 is 1.44 bits per heavy atom. The van der Waals surface area contributed by atoms with Crippen LogP contribution in [0.2, 0.25) is 0 Å². The number of hydrogen-bond acceptors (Lipinski definition) is 9. The van der Waals surface area contributed by atoms with Crippen molar-refractivity contribution in [2.75, 3.05) is 25.1 Å². The van der Waals surface area contributed by atoms with Gasteiger partial charge in [-0.25, -0.2) is 13.1 Å². The molecule has 0 heterocycles. The van der Waals surface area contributed by atoms with Crippen molar-refractivity contribution in [3.63, 3.8) is 0 Å². The predicted octanol–water partition coefficient (Wildman–Crippen LogP) is 6.94. The zero-order valence-corrected chi connectivity index (χ0v) is 32.0. The standard InChI is InChI=1S/C44H42N4O8S/c1-31-14-16-34(17-15-31)29-43(49)46-40(28-33-18-20-36(21-19-33)55-26-27-56-42-13-7-11-35-10-5-6-12-38(35)42)44(50)47-57(53,54)37-22-23-39(41(30-37)48(51)52)45-25-24-32-8-3-2-4-9-32/h2-23,30,40,45H,24-29H2,1H3,(H,46,49)(H,47,50)/t40-/m0/s1. The van der Waals surface area contributed by atoms with E-state index in [1.807, 2.05) is 96.6 Å². The number of nitro groups is 1. The van der Waals surface area contributed by atoms with E-state index in [4.69, 9.17) is 9.47 Å². The Morgan fingerprint density at radius 1 is 0.754 bits per heavy atom. The highest BCUT2D eigenvalue weighted by Gasteiger charge is 2.28. The number of aryl methyl sites for hydroxylation is 1. The van der Waals surface area contributed by atoms with Crippen molar-refractivity contribution in [1.29, 1.82) is 0 Å². The average Bonchev–Trinajstić information content (AvgIpc) is 3.21. The number of nitrogens with one attached hydrogen (secondary N) is 3. The summed E-state index contributed by atoms with van der Waals surface area (Å²) in [5.74, 6) is -0.202. The summed E-state index contributed by atoms with van der Waals surface area (Å²) in [7, 11) is -4.60. The molecule has 6 rings (SSSR count). The summed E-state index contributed by atoms with van der Waals surface area (Å²) in [4.78, 5) is 37.7. The van der Waals surface area contributed by atoms with Crippen LogP contribution in [0.1, 0.15) is 22.3 Å². The second-order valence-corrected chi connectivity index (χ2v) is 15.1. The van der Waals surface area contributed by atoms with E-state index in [0.717, 1.165) is 33.7 Å². The highest BCUT2D eigenvalue weighted by molar-refractivity contribution is 7.90. The van der Waals surface area contributed by atoms with Gasteiger partial charge in [-0.2, -0.15) is 0 Å². The van der Waals surface area contributed by atoms with Crippen LogP contribution in [0.4, 0.5) is 11.4 Å². The lowest BCUT2D eigenvalue weighted by Crippen LogP contribution is -2.49. The van der Waals surface area contributed by atoms with E-state index in [-0.39, 0.29) is 25.1 Å². The fourth-order valence-electron chi connectivity index (χ4n) is 6.16. The highest BCUT2D eigenvalue weighted by Crippen LogP contribution is 2.28. The molecule has 0 radical (unpaired) electrons. The number of carbonyl (C=O) groups is 2. The number of benzene rings is 6. The summed E-state index contributed by atoms with van der Waals surface area (Å²) < 4.78 is 40.9. The third-order valence-electron chi connectivity index (χ3n) is 9.14. The Hall–Kier alpha value is -6.73. The normalized spacial score (nSPS) is 11.7. The van der Waals surface area contributed by atoms with Crippen LogP contribution in [-0.2, 0) is 38.9 Å². The zero-order valence-electron chi connectivity index (χ0n) is 31.2. The predicted molar refractivity (Wildman–Crippen MR) is 219 cm³/mol. The van der Waals surface area contributed by atoms with Crippen LogP contribution in [0.25, 0.3) is 10.8 Å². The molecule has 0 saturated heterocycles. The molecule has 57 heavy (non-hydrogen) atoms. The number of nitrogens with zero attached hydrogens (tertiary/aromatic N) is 1. The number of anilines is 1. The van der Waals surface area contributed by atoms with Crippen molar-refractivity contribution in [2.45, 2.75) is 37.1 Å². The molecule has 2 amide bonds. The molecule has 0 saturated carbocycles. The molecule has 0 aliphatic carbocycles. The van der Waals surface area contributed by atoms with Gasteiger partial charge in [0.2, 0.25) is 5.91 Å². The van der Waals surface area contributed by atoms with E-state index in [1.54, 1.807) is 36.4 Å². The van der Waals surface area contributed by atoms with Gasteiger partial charge in [0.25, 0.3) is 21.6 Å². The van der Waals surface area contributed by atoms with Gasteiger partial charge in [0.15, 0.2) is 0 Å². The number of fused-ring (bicyclic) bond motifs is 1. The molecule has 6 aromatic carbocycles. The van der Waals surface area contributed by atoms with Gasteiger partial charge in [0, 0.05) is 24.4 Å². The van der Waals surface area contributed by atoms with E-state index in [2.05, 4.69) is 10.6 Å². The largest absolute Gasteiger partial charge is 0.490 e. The lowest BCUT2D eigenvalue weighted by atomic mass is 10.0. The first kappa shape index (κ1) is 39.9. The Balaban J connectivity index is 1.11. The molecule has 292 valence electrons. The quantitative estimate of drug-likeness (QED) is 0.0475. The summed E-state index contributed by atoms with van der Waals surface area (Å²) in [5, 5.41) is 19.7. The lowest BCUT2D eigenvalue weighted by molar-refractivity contribution is -0.384. The summed E-state index contributed by atoms with van der Waals surface area (Å²) >= 11 is 0. The fourth-order valence-corrected chi connectivity index (χ4v) is 7.20. The summed E-state index contributed by atoms with van der Waals surface area (Å²) in [5.41, 5.74) is 3.03. The maximum Gasteiger partial charge on any atom is 0.293 e. The first-order valence-corrected chi connectivity index (χ1v) is 19.8. The number of rotatable bonds is 18. The van der Waals surface area contributed by atoms with Gasteiger partial charge in [0.05, 0.1) is 16.2 Å². The van der Waals surface area contributed by atoms with Crippen molar-refractivity contribution in [1.82, 2.24) is 10.0 Å². The molecule has 0 spiro atoms. The molecule has 13 heteroatoms. The van der Waals surface area contributed by atoms with Gasteiger partial charge in [-0.1, -0.05) is 109 Å². The van der Waals surface area contributed by atoms with Gasteiger partial charge >= 0.3 is 0 Å². The van der Waals surface area contributed by atoms with Crippen LogP contribution in [0, 0.1) is 17.0 Å². The van der Waals surface area contributed by atoms with E-state index in [0.29, 0.717) is 36.4 Å². The number of nitro benzene ring substituents is 1. The maximum atomic E-state index is 13.7. The third kappa shape index (κ3) is 11.2. The number of ether oxygens (including phenoxy) is 2. The molecular weight excluding hydrogens is 745 g/mol. The second kappa shape index (κ2) is 18.7. The van der Waals surface area contributed by atoms with Crippen molar-refractivity contribution >= 4 is 44.0 Å².